The zero-order chi connectivity index (χ0) is 8.81. The lowest BCUT2D eigenvalue weighted by Crippen LogP contribution is -2.29. The standard InChI is InChI=1S/C8H14N2O2/c9-3-6-12-7-5-10-4-1-2-8(10)11/h1-2H,3-7,9H2. The first kappa shape index (κ1) is 9.22. The molecule has 0 aromatic rings. The molecule has 1 aliphatic heterocycles. The van der Waals surface area contributed by atoms with E-state index in [-0.39, 0.29) is 5.91 Å². The van der Waals surface area contributed by atoms with Gasteiger partial charge in [0.2, 0.25) is 5.91 Å². The van der Waals surface area contributed by atoms with E-state index in [4.69, 9.17) is 10.5 Å². The Bertz CT molecular complexity index is 180. The molecule has 0 bridgehead atoms. The molecule has 4 nitrogen and oxygen atoms in total. The van der Waals surface area contributed by atoms with E-state index >= 15 is 0 Å². The lowest BCUT2D eigenvalue weighted by atomic mass is 10.5. The SMILES string of the molecule is NCCOCCN1CC=CC1=O. The molecule has 1 amide bonds. The van der Waals surface area contributed by atoms with E-state index in [9.17, 15) is 4.79 Å². The molecular formula is C8H14N2O2. The maximum Gasteiger partial charge on any atom is 0.246 e. The van der Waals surface area contributed by atoms with Crippen molar-refractivity contribution in [2.75, 3.05) is 32.8 Å². The highest BCUT2D eigenvalue weighted by Gasteiger charge is 2.12. The van der Waals surface area contributed by atoms with E-state index in [2.05, 4.69) is 0 Å². The summed E-state index contributed by atoms with van der Waals surface area (Å²) in [6.07, 6.45) is 3.44. The number of amides is 1. The van der Waals surface area contributed by atoms with Crippen LogP contribution in [-0.2, 0) is 9.53 Å². The largest absolute Gasteiger partial charge is 0.378 e. The van der Waals surface area contributed by atoms with Gasteiger partial charge in [0.15, 0.2) is 0 Å². The molecule has 0 atom stereocenters. The second-order valence-corrected chi connectivity index (χ2v) is 2.59. The average molecular weight is 170 g/mol. The summed E-state index contributed by atoms with van der Waals surface area (Å²) in [4.78, 5) is 12.7. The van der Waals surface area contributed by atoms with Crippen LogP contribution in [0.2, 0.25) is 0 Å². The highest BCUT2D eigenvalue weighted by atomic mass is 16.5. The Morgan fingerprint density at radius 3 is 3.00 bits per heavy atom. The molecule has 0 aliphatic carbocycles. The van der Waals surface area contributed by atoms with Crippen LogP contribution in [0.25, 0.3) is 0 Å². The number of hydrogen-bond donors (Lipinski definition) is 1. The summed E-state index contributed by atoms with van der Waals surface area (Å²) in [7, 11) is 0. The smallest absolute Gasteiger partial charge is 0.246 e. The van der Waals surface area contributed by atoms with Gasteiger partial charge in [-0.25, -0.2) is 0 Å². The predicted octanol–water partition coefficient (Wildman–Crippen LogP) is -0.640. The number of hydrogen-bond acceptors (Lipinski definition) is 3. The van der Waals surface area contributed by atoms with Crippen molar-refractivity contribution in [1.29, 1.82) is 0 Å². The first-order valence-corrected chi connectivity index (χ1v) is 4.08. The summed E-state index contributed by atoms with van der Waals surface area (Å²) in [5, 5.41) is 0. The third-order valence-electron chi connectivity index (χ3n) is 1.67. The summed E-state index contributed by atoms with van der Waals surface area (Å²) in [6.45, 7) is 3.04. The summed E-state index contributed by atoms with van der Waals surface area (Å²) in [6, 6.07) is 0. The first-order valence-electron chi connectivity index (χ1n) is 4.08. The van der Waals surface area contributed by atoms with Crippen molar-refractivity contribution in [3.05, 3.63) is 12.2 Å². The normalized spacial score (nSPS) is 16.1. The van der Waals surface area contributed by atoms with E-state index < -0.39 is 0 Å². The van der Waals surface area contributed by atoms with Crippen LogP contribution in [0.3, 0.4) is 0 Å². The maximum atomic E-state index is 11.0. The Balaban J connectivity index is 2.04. The molecule has 0 saturated heterocycles. The van der Waals surface area contributed by atoms with Crippen LogP contribution in [0.15, 0.2) is 12.2 Å². The van der Waals surface area contributed by atoms with Crippen molar-refractivity contribution in [3.63, 3.8) is 0 Å². The Morgan fingerprint density at radius 2 is 2.42 bits per heavy atom. The quantitative estimate of drug-likeness (QED) is 0.558. The van der Waals surface area contributed by atoms with Gasteiger partial charge in [0, 0.05) is 25.7 Å². The molecule has 4 heteroatoms. The number of nitrogens with zero attached hydrogens (tertiary/aromatic N) is 1. The number of nitrogens with two attached hydrogens (primary N) is 1. The molecule has 2 N–H and O–H groups in total. The third-order valence-corrected chi connectivity index (χ3v) is 1.67. The van der Waals surface area contributed by atoms with Crippen LogP contribution in [0.1, 0.15) is 0 Å². The first-order chi connectivity index (χ1) is 5.84. The van der Waals surface area contributed by atoms with Gasteiger partial charge in [0.25, 0.3) is 0 Å². The lowest BCUT2D eigenvalue weighted by Gasteiger charge is -2.14. The second kappa shape index (κ2) is 4.90. The molecular weight excluding hydrogens is 156 g/mol. The molecule has 1 aliphatic rings. The molecule has 0 spiro atoms. The maximum absolute atomic E-state index is 11.0. The molecule has 0 saturated carbocycles. The van der Waals surface area contributed by atoms with Gasteiger partial charge in [0.05, 0.1) is 13.2 Å². The molecule has 0 unspecified atom stereocenters. The number of rotatable bonds is 5. The van der Waals surface area contributed by atoms with Crippen LogP contribution >= 0.6 is 0 Å². The van der Waals surface area contributed by atoms with E-state index in [1.165, 1.54) is 0 Å². The van der Waals surface area contributed by atoms with Gasteiger partial charge in [0.1, 0.15) is 0 Å². The molecule has 68 valence electrons. The summed E-state index contributed by atoms with van der Waals surface area (Å²) < 4.78 is 5.15. The van der Waals surface area contributed by atoms with Crippen molar-refractivity contribution in [2.45, 2.75) is 0 Å². The molecule has 0 fully saturated rings. The van der Waals surface area contributed by atoms with Crippen molar-refractivity contribution in [2.24, 2.45) is 5.73 Å². The topological polar surface area (TPSA) is 55.6 Å². The van der Waals surface area contributed by atoms with Crippen LogP contribution in [0.5, 0.6) is 0 Å². The number of ether oxygens (including phenoxy) is 1. The zero-order valence-corrected chi connectivity index (χ0v) is 7.03. The van der Waals surface area contributed by atoms with Gasteiger partial charge in [-0.1, -0.05) is 6.08 Å². The third kappa shape index (κ3) is 2.64. The summed E-state index contributed by atoms with van der Waals surface area (Å²) >= 11 is 0. The fourth-order valence-electron chi connectivity index (χ4n) is 1.04. The molecule has 0 aromatic carbocycles. The van der Waals surface area contributed by atoms with Crippen LogP contribution in [-0.4, -0.2) is 43.7 Å². The fourth-order valence-corrected chi connectivity index (χ4v) is 1.04. The molecule has 0 radical (unpaired) electrons. The predicted molar refractivity (Wildman–Crippen MR) is 45.6 cm³/mol. The van der Waals surface area contributed by atoms with Crippen LogP contribution < -0.4 is 5.73 Å². The second-order valence-electron chi connectivity index (χ2n) is 2.59. The van der Waals surface area contributed by atoms with Crippen molar-refractivity contribution < 1.29 is 9.53 Å². The van der Waals surface area contributed by atoms with Gasteiger partial charge in [-0.05, 0) is 0 Å². The molecule has 1 rings (SSSR count). The van der Waals surface area contributed by atoms with Gasteiger partial charge in [-0.15, -0.1) is 0 Å². The fraction of sp³-hybridized carbons (Fsp3) is 0.625. The van der Waals surface area contributed by atoms with Crippen molar-refractivity contribution >= 4 is 5.91 Å². The summed E-state index contributed by atoms with van der Waals surface area (Å²) in [5.41, 5.74) is 5.23. The highest BCUT2D eigenvalue weighted by Crippen LogP contribution is 1.99. The minimum Gasteiger partial charge on any atom is -0.378 e. The van der Waals surface area contributed by atoms with Gasteiger partial charge in [-0.2, -0.15) is 0 Å². The average Bonchev–Trinajstić information content (AvgIpc) is 2.46. The monoisotopic (exact) mass is 170 g/mol. The zero-order valence-electron chi connectivity index (χ0n) is 7.03. The van der Waals surface area contributed by atoms with E-state index in [1.54, 1.807) is 11.0 Å². The Labute approximate surface area is 72.0 Å². The summed E-state index contributed by atoms with van der Waals surface area (Å²) in [5.74, 6) is 0.0753. The van der Waals surface area contributed by atoms with Gasteiger partial charge in [-0.3, -0.25) is 4.79 Å². The Hall–Kier alpha value is -0.870. The van der Waals surface area contributed by atoms with Crippen LogP contribution in [0, 0.1) is 0 Å². The number of carbonyl (C=O) groups is 1. The van der Waals surface area contributed by atoms with Gasteiger partial charge < -0.3 is 15.4 Å². The molecule has 0 aromatic heterocycles. The highest BCUT2D eigenvalue weighted by molar-refractivity contribution is 5.89. The van der Waals surface area contributed by atoms with E-state index in [0.717, 1.165) is 0 Å². The minimum atomic E-state index is 0.0753. The van der Waals surface area contributed by atoms with E-state index in [0.29, 0.717) is 32.8 Å². The molecule has 12 heavy (non-hydrogen) atoms. The van der Waals surface area contributed by atoms with E-state index in [1.807, 2.05) is 6.08 Å². The Morgan fingerprint density at radius 1 is 1.58 bits per heavy atom. The van der Waals surface area contributed by atoms with Crippen molar-refractivity contribution in [1.82, 2.24) is 4.90 Å². The molecule has 1 heterocycles. The van der Waals surface area contributed by atoms with Crippen molar-refractivity contribution in [3.8, 4) is 0 Å². The minimum absolute atomic E-state index is 0.0753. The van der Waals surface area contributed by atoms with Crippen LogP contribution in [0.4, 0.5) is 0 Å². The lowest BCUT2D eigenvalue weighted by molar-refractivity contribution is -0.125. The Kier molecular flexibility index (Phi) is 3.76. The van der Waals surface area contributed by atoms with Gasteiger partial charge >= 0.3 is 0 Å². The number of carbonyl (C=O) groups excluding carboxylic acids is 1.